The molecule has 10 heteroatoms. The molecule has 2 aliphatic carbocycles. The van der Waals surface area contributed by atoms with Gasteiger partial charge in [-0.25, -0.2) is 14.5 Å². The molecule has 9 nitrogen and oxygen atoms in total. The molecule has 0 aliphatic heterocycles. The topological polar surface area (TPSA) is 115 Å². The van der Waals surface area contributed by atoms with Crippen LogP contribution in [0.2, 0.25) is 0 Å². The smallest absolute Gasteiger partial charge is 0.333 e. The van der Waals surface area contributed by atoms with Crippen molar-refractivity contribution in [1.82, 2.24) is 19.5 Å². The number of anilines is 1. The maximum Gasteiger partial charge on any atom is 0.333 e. The van der Waals surface area contributed by atoms with E-state index in [0.29, 0.717) is 11.6 Å². The predicted molar refractivity (Wildman–Crippen MR) is 123 cm³/mol. The zero-order valence-corrected chi connectivity index (χ0v) is 19.1. The number of fused-ring (bicyclic) bond motifs is 1. The number of hydrogen-bond donors (Lipinski definition) is 2. The number of carbonyl (C=O) groups excluding carboxylic acids is 1. The number of nitrogens with one attached hydrogen (secondary N) is 2. The summed E-state index contributed by atoms with van der Waals surface area (Å²) in [7, 11) is -2.56. The number of aryl methyl sites for hydroxylation is 1. The summed E-state index contributed by atoms with van der Waals surface area (Å²) in [6.45, 7) is 0. The van der Waals surface area contributed by atoms with Gasteiger partial charge in [-0.1, -0.05) is 12.1 Å². The summed E-state index contributed by atoms with van der Waals surface area (Å²) in [5.41, 5.74) is 4.36. The molecule has 1 saturated carbocycles. The van der Waals surface area contributed by atoms with Crippen molar-refractivity contribution in [1.29, 1.82) is 0 Å². The summed E-state index contributed by atoms with van der Waals surface area (Å²) in [4.78, 5) is 17.0. The normalized spacial score (nSPS) is 15.5. The number of carbonyl (C=O) groups is 1. The quantitative estimate of drug-likeness (QED) is 0.571. The molecule has 0 radical (unpaired) electrons. The largest absolute Gasteiger partial charge is 0.481 e. The van der Waals surface area contributed by atoms with Gasteiger partial charge in [-0.3, -0.25) is 4.68 Å². The van der Waals surface area contributed by atoms with Crippen LogP contribution in [0.4, 0.5) is 10.5 Å². The molecule has 0 bridgehead atoms. The van der Waals surface area contributed by atoms with E-state index < -0.39 is 16.1 Å². The first-order valence-electron chi connectivity index (χ1n) is 11.0. The van der Waals surface area contributed by atoms with Gasteiger partial charge >= 0.3 is 6.03 Å². The van der Waals surface area contributed by atoms with E-state index in [2.05, 4.69) is 26.2 Å². The highest BCUT2D eigenvalue weighted by Gasteiger charge is 2.26. The van der Waals surface area contributed by atoms with Crippen LogP contribution in [0.3, 0.4) is 0 Å². The standard InChI is InChI=1S/C23H25N5O4S/c1-32-20-14-16(10-12-24-20)19-9-8-15-4-2-7-18(15)22(19)25-23(29)27-33(30,31)21-11-13-28(26-21)17-5-3-6-17/h8-14,17H,2-7H2,1H3,(H2,25,27,29). The lowest BCUT2D eigenvalue weighted by Crippen LogP contribution is -2.35. The zero-order chi connectivity index (χ0) is 23.0. The second-order valence-corrected chi connectivity index (χ2v) is 9.97. The first-order chi connectivity index (χ1) is 15.9. The van der Waals surface area contributed by atoms with Gasteiger partial charge in [0.05, 0.1) is 18.8 Å². The van der Waals surface area contributed by atoms with Gasteiger partial charge in [0, 0.05) is 24.0 Å². The van der Waals surface area contributed by atoms with Gasteiger partial charge in [-0.05, 0) is 67.3 Å². The van der Waals surface area contributed by atoms with Gasteiger partial charge in [0.25, 0.3) is 10.0 Å². The molecule has 0 spiro atoms. The number of pyridine rings is 1. The van der Waals surface area contributed by atoms with Crippen molar-refractivity contribution in [2.24, 2.45) is 0 Å². The lowest BCUT2D eigenvalue weighted by Gasteiger charge is -2.25. The lowest BCUT2D eigenvalue weighted by atomic mass is 9.93. The van der Waals surface area contributed by atoms with Crippen molar-refractivity contribution in [3.05, 3.63) is 53.9 Å². The van der Waals surface area contributed by atoms with Crippen molar-refractivity contribution in [2.45, 2.75) is 49.6 Å². The molecule has 33 heavy (non-hydrogen) atoms. The highest BCUT2D eigenvalue weighted by molar-refractivity contribution is 7.90. The summed E-state index contributed by atoms with van der Waals surface area (Å²) in [6.07, 6.45) is 9.06. The fraction of sp³-hybridized carbons (Fsp3) is 0.348. The van der Waals surface area contributed by atoms with Crippen LogP contribution in [0, 0.1) is 0 Å². The third-order valence-corrected chi connectivity index (χ3v) is 7.53. The molecule has 3 aromatic rings. The maximum absolute atomic E-state index is 12.8. The zero-order valence-electron chi connectivity index (χ0n) is 18.2. The Morgan fingerprint density at radius 2 is 2.00 bits per heavy atom. The molecule has 2 aliphatic rings. The van der Waals surface area contributed by atoms with Crippen LogP contribution < -0.4 is 14.8 Å². The van der Waals surface area contributed by atoms with Gasteiger partial charge in [0.1, 0.15) is 0 Å². The summed E-state index contributed by atoms with van der Waals surface area (Å²) in [6, 6.07) is 8.42. The second-order valence-electron chi connectivity index (χ2n) is 8.34. The van der Waals surface area contributed by atoms with Gasteiger partial charge in [0.2, 0.25) is 5.88 Å². The summed E-state index contributed by atoms with van der Waals surface area (Å²) < 4.78 is 34.6. The average molecular weight is 468 g/mol. The van der Waals surface area contributed by atoms with Crippen LogP contribution in [-0.2, 0) is 22.9 Å². The molecule has 5 rings (SSSR count). The minimum atomic E-state index is -4.10. The van der Waals surface area contributed by atoms with E-state index in [0.717, 1.165) is 60.8 Å². The maximum atomic E-state index is 12.8. The van der Waals surface area contributed by atoms with E-state index in [-0.39, 0.29) is 11.1 Å². The highest BCUT2D eigenvalue weighted by atomic mass is 32.2. The van der Waals surface area contributed by atoms with Crippen LogP contribution >= 0.6 is 0 Å². The Morgan fingerprint density at radius 3 is 2.76 bits per heavy atom. The van der Waals surface area contributed by atoms with Gasteiger partial charge in [-0.15, -0.1) is 0 Å². The number of nitrogens with zero attached hydrogens (tertiary/aromatic N) is 3. The Hall–Kier alpha value is -3.40. The van der Waals surface area contributed by atoms with Gasteiger partial charge in [-0.2, -0.15) is 13.5 Å². The second kappa shape index (κ2) is 8.51. The molecule has 2 aromatic heterocycles. The van der Waals surface area contributed by atoms with Crippen molar-refractivity contribution in [3.63, 3.8) is 0 Å². The number of rotatable bonds is 6. The van der Waals surface area contributed by atoms with Crippen molar-refractivity contribution >= 4 is 21.7 Å². The molecule has 1 aromatic carbocycles. The molecule has 1 fully saturated rings. The van der Waals surface area contributed by atoms with Gasteiger partial charge in [0.15, 0.2) is 5.03 Å². The third kappa shape index (κ3) is 4.18. The fourth-order valence-corrected chi connectivity index (χ4v) is 5.21. The van der Waals surface area contributed by atoms with E-state index in [4.69, 9.17) is 4.74 Å². The monoisotopic (exact) mass is 467 g/mol. The lowest BCUT2D eigenvalue weighted by molar-refractivity contribution is 0.256. The SMILES string of the molecule is COc1cc(-c2ccc3c(c2NC(=O)NS(=O)(=O)c2ccn(C4CCC4)n2)CCC3)ccn1. The minimum absolute atomic E-state index is 0.165. The Labute approximate surface area is 192 Å². The molecule has 0 atom stereocenters. The van der Waals surface area contributed by atoms with Gasteiger partial charge < -0.3 is 10.1 Å². The molecule has 172 valence electrons. The van der Waals surface area contributed by atoms with E-state index in [1.807, 2.05) is 12.1 Å². The first-order valence-corrected chi connectivity index (χ1v) is 12.5. The number of hydrogen-bond acceptors (Lipinski definition) is 6. The van der Waals surface area contributed by atoms with Crippen LogP contribution in [0.25, 0.3) is 11.1 Å². The third-order valence-electron chi connectivity index (χ3n) is 6.31. The van der Waals surface area contributed by atoms with Crippen LogP contribution in [0.15, 0.2) is 47.8 Å². The van der Waals surface area contributed by atoms with E-state index in [1.165, 1.54) is 6.07 Å². The summed E-state index contributed by atoms with van der Waals surface area (Å²) >= 11 is 0. The number of amides is 2. The molecule has 2 amide bonds. The van der Waals surface area contributed by atoms with Crippen molar-refractivity contribution in [3.8, 4) is 17.0 Å². The number of methoxy groups -OCH3 is 1. The molecule has 2 heterocycles. The number of aromatic nitrogens is 3. The minimum Gasteiger partial charge on any atom is -0.481 e. The number of sulfonamides is 1. The van der Waals surface area contributed by atoms with Crippen LogP contribution in [0.1, 0.15) is 42.9 Å². The van der Waals surface area contributed by atoms with Crippen LogP contribution in [0.5, 0.6) is 5.88 Å². The van der Waals surface area contributed by atoms with Crippen molar-refractivity contribution < 1.29 is 17.9 Å². The number of benzene rings is 1. The molecule has 0 saturated heterocycles. The van der Waals surface area contributed by atoms with E-state index >= 15 is 0 Å². The first kappa shape index (κ1) is 21.4. The predicted octanol–water partition coefficient (Wildman–Crippen LogP) is 3.68. The average Bonchev–Trinajstić information content (AvgIpc) is 3.43. The fourth-order valence-electron chi connectivity index (χ4n) is 4.37. The van der Waals surface area contributed by atoms with Crippen LogP contribution in [-0.4, -0.2) is 36.3 Å². The highest BCUT2D eigenvalue weighted by Crippen LogP contribution is 2.38. The van der Waals surface area contributed by atoms with Crippen molar-refractivity contribution in [2.75, 3.05) is 12.4 Å². The number of ether oxygens (including phenoxy) is 1. The molecular weight excluding hydrogens is 442 g/mol. The molecule has 0 unspecified atom stereocenters. The Kier molecular flexibility index (Phi) is 5.53. The number of urea groups is 1. The molecular formula is C23H25N5O4S. The summed E-state index contributed by atoms with van der Waals surface area (Å²) in [5.74, 6) is 0.452. The Bertz CT molecular complexity index is 1310. The summed E-state index contributed by atoms with van der Waals surface area (Å²) in [5, 5.41) is 6.81. The molecule has 2 N–H and O–H groups in total. The Balaban J connectivity index is 1.42. The Morgan fingerprint density at radius 1 is 1.15 bits per heavy atom. The van der Waals surface area contributed by atoms with E-state index in [9.17, 15) is 13.2 Å². The van der Waals surface area contributed by atoms with E-state index in [1.54, 1.807) is 30.3 Å².